The van der Waals surface area contributed by atoms with Gasteiger partial charge in [-0.25, -0.2) is 15.0 Å². The molecule has 11 nitrogen and oxygen atoms in total. The summed E-state index contributed by atoms with van der Waals surface area (Å²) >= 11 is 15.1. The molecule has 1 fully saturated rings. The predicted octanol–water partition coefficient (Wildman–Crippen LogP) is 6.31. The first kappa shape index (κ1) is 32.0. The Kier molecular flexibility index (Phi) is 14.0. The SMILES string of the molecule is CCOc1ncc(Br)cc1N.CCOc1ncc(Br)cc1N1CCOCC1.O=[N+]([O-])c1cc(Br)cnc1Cl. The molecule has 0 aliphatic carbocycles. The highest BCUT2D eigenvalue weighted by atomic mass is 79.9. The van der Waals surface area contributed by atoms with Crippen LogP contribution in [0.3, 0.4) is 0 Å². The number of morpholine rings is 1. The van der Waals surface area contributed by atoms with Crippen molar-refractivity contribution in [1.29, 1.82) is 0 Å². The fourth-order valence-electron chi connectivity index (χ4n) is 2.93. The topological polar surface area (TPSA) is 139 Å². The number of nitrogens with two attached hydrogens (primary N) is 1. The molecule has 38 heavy (non-hydrogen) atoms. The van der Waals surface area contributed by atoms with Gasteiger partial charge in [0.25, 0.3) is 0 Å². The number of ether oxygens (including phenoxy) is 3. The fraction of sp³-hybridized carbons (Fsp3) is 0.348. The summed E-state index contributed by atoms with van der Waals surface area (Å²) in [6.45, 7) is 8.37. The second-order valence-electron chi connectivity index (χ2n) is 7.21. The maximum atomic E-state index is 10.2. The lowest BCUT2D eigenvalue weighted by Gasteiger charge is -2.29. The van der Waals surface area contributed by atoms with Gasteiger partial charge < -0.3 is 24.8 Å². The molecule has 15 heteroatoms. The van der Waals surface area contributed by atoms with E-state index in [0.717, 1.165) is 40.9 Å². The molecule has 206 valence electrons. The molecular formula is C23H26Br3ClN6O5. The summed E-state index contributed by atoms with van der Waals surface area (Å²) in [5.41, 5.74) is 6.99. The summed E-state index contributed by atoms with van der Waals surface area (Å²) in [4.78, 5) is 23.7. The molecule has 3 aromatic rings. The average molecular weight is 742 g/mol. The van der Waals surface area contributed by atoms with E-state index in [0.29, 0.717) is 35.1 Å². The van der Waals surface area contributed by atoms with Crippen molar-refractivity contribution < 1.29 is 19.1 Å². The van der Waals surface area contributed by atoms with Crippen LogP contribution in [0.25, 0.3) is 0 Å². The highest BCUT2D eigenvalue weighted by molar-refractivity contribution is 9.11. The summed E-state index contributed by atoms with van der Waals surface area (Å²) in [7, 11) is 0. The molecule has 0 bridgehead atoms. The van der Waals surface area contributed by atoms with Crippen molar-refractivity contribution in [2.75, 3.05) is 50.2 Å². The summed E-state index contributed by atoms with van der Waals surface area (Å²) in [5.74, 6) is 1.20. The van der Waals surface area contributed by atoms with Crippen LogP contribution in [-0.2, 0) is 4.74 Å². The van der Waals surface area contributed by atoms with Crippen LogP contribution < -0.4 is 20.1 Å². The predicted molar refractivity (Wildman–Crippen MR) is 157 cm³/mol. The zero-order valence-electron chi connectivity index (χ0n) is 20.6. The minimum atomic E-state index is -0.583. The second-order valence-corrected chi connectivity index (χ2v) is 10.3. The summed E-state index contributed by atoms with van der Waals surface area (Å²) < 4.78 is 18.4. The van der Waals surface area contributed by atoms with E-state index in [1.54, 1.807) is 18.5 Å². The number of aromatic nitrogens is 3. The van der Waals surface area contributed by atoms with Crippen molar-refractivity contribution in [3.8, 4) is 11.8 Å². The third kappa shape index (κ3) is 10.5. The van der Waals surface area contributed by atoms with Crippen LogP contribution in [0.4, 0.5) is 17.1 Å². The number of halogens is 4. The van der Waals surface area contributed by atoms with Crippen molar-refractivity contribution in [3.05, 3.63) is 65.5 Å². The van der Waals surface area contributed by atoms with E-state index in [-0.39, 0.29) is 10.8 Å². The lowest BCUT2D eigenvalue weighted by molar-refractivity contribution is -0.385. The minimum absolute atomic E-state index is 0.0989. The minimum Gasteiger partial charge on any atom is -0.477 e. The Morgan fingerprint density at radius 3 is 2.05 bits per heavy atom. The number of pyridine rings is 3. The van der Waals surface area contributed by atoms with Crippen molar-refractivity contribution >= 4 is 76.5 Å². The third-order valence-electron chi connectivity index (χ3n) is 4.54. The lowest BCUT2D eigenvalue weighted by Crippen LogP contribution is -2.36. The number of nitrogen functional groups attached to an aromatic ring is 1. The van der Waals surface area contributed by atoms with Gasteiger partial charge in [0.05, 0.1) is 37.0 Å². The smallest absolute Gasteiger partial charge is 0.307 e. The van der Waals surface area contributed by atoms with E-state index in [9.17, 15) is 10.1 Å². The molecule has 0 aromatic carbocycles. The Hall–Kier alpha value is -2.26. The van der Waals surface area contributed by atoms with Crippen LogP contribution in [0.2, 0.25) is 5.15 Å². The lowest BCUT2D eigenvalue weighted by atomic mass is 10.3. The maximum absolute atomic E-state index is 10.2. The van der Waals surface area contributed by atoms with Gasteiger partial charge in [-0.3, -0.25) is 10.1 Å². The zero-order chi connectivity index (χ0) is 28.1. The monoisotopic (exact) mass is 738 g/mol. The van der Waals surface area contributed by atoms with Gasteiger partial charge >= 0.3 is 5.69 Å². The molecule has 2 N–H and O–H groups in total. The van der Waals surface area contributed by atoms with Crippen molar-refractivity contribution in [3.63, 3.8) is 0 Å². The molecule has 0 saturated carbocycles. The number of nitro groups is 1. The summed E-state index contributed by atoms with van der Waals surface area (Å²) in [5, 5.41) is 10.1. The molecule has 4 heterocycles. The molecule has 3 aromatic heterocycles. The second kappa shape index (κ2) is 16.6. The first-order valence-corrected chi connectivity index (χ1v) is 14.0. The number of anilines is 2. The van der Waals surface area contributed by atoms with Gasteiger partial charge in [-0.1, -0.05) is 11.6 Å². The average Bonchev–Trinajstić information content (AvgIpc) is 2.89. The zero-order valence-corrected chi connectivity index (χ0v) is 26.1. The number of rotatable bonds is 6. The van der Waals surface area contributed by atoms with Gasteiger partial charge in [0.2, 0.25) is 16.9 Å². The van der Waals surface area contributed by atoms with Gasteiger partial charge in [0.1, 0.15) is 5.69 Å². The Morgan fingerprint density at radius 1 is 0.974 bits per heavy atom. The highest BCUT2D eigenvalue weighted by Gasteiger charge is 2.17. The van der Waals surface area contributed by atoms with Gasteiger partial charge in [0, 0.05) is 51.2 Å². The molecule has 0 radical (unpaired) electrons. The molecule has 1 aliphatic rings. The largest absolute Gasteiger partial charge is 0.477 e. The molecule has 1 aliphatic heterocycles. The first-order chi connectivity index (χ1) is 18.2. The Morgan fingerprint density at radius 2 is 1.50 bits per heavy atom. The third-order valence-corrected chi connectivity index (χ3v) is 6.13. The van der Waals surface area contributed by atoms with Gasteiger partial charge in [-0.2, -0.15) is 0 Å². The van der Waals surface area contributed by atoms with E-state index in [4.69, 9.17) is 31.5 Å². The van der Waals surface area contributed by atoms with Gasteiger partial charge in [-0.15, -0.1) is 0 Å². The Bertz CT molecular complexity index is 1200. The first-order valence-electron chi connectivity index (χ1n) is 11.3. The maximum Gasteiger partial charge on any atom is 0.307 e. The van der Waals surface area contributed by atoms with Crippen LogP contribution in [0.5, 0.6) is 11.8 Å². The van der Waals surface area contributed by atoms with E-state index in [2.05, 4.69) is 67.6 Å². The van der Waals surface area contributed by atoms with Crippen LogP contribution in [0, 0.1) is 10.1 Å². The molecular weight excluding hydrogens is 715 g/mol. The fourth-order valence-corrected chi connectivity index (χ4v) is 4.09. The summed E-state index contributed by atoms with van der Waals surface area (Å²) in [6, 6.07) is 5.11. The quantitative estimate of drug-likeness (QED) is 0.174. The Balaban J connectivity index is 0.000000206. The number of nitrogens with zero attached hydrogens (tertiary/aromatic N) is 5. The van der Waals surface area contributed by atoms with Crippen LogP contribution in [0.15, 0.2) is 50.2 Å². The molecule has 0 unspecified atom stereocenters. The van der Waals surface area contributed by atoms with Crippen molar-refractivity contribution in [2.24, 2.45) is 0 Å². The van der Waals surface area contributed by atoms with E-state index < -0.39 is 4.92 Å². The van der Waals surface area contributed by atoms with Gasteiger partial charge in [0.15, 0.2) is 0 Å². The molecule has 4 rings (SSSR count). The number of hydrogen-bond donors (Lipinski definition) is 1. The number of hydrogen-bond acceptors (Lipinski definition) is 10. The van der Waals surface area contributed by atoms with Crippen LogP contribution in [0.1, 0.15) is 13.8 Å². The van der Waals surface area contributed by atoms with E-state index in [1.807, 2.05) is 19.9 Å². The summed E-state index contributed by atoms with van der Waals surface area (Å²) in [6.07, 6.45) is 4.81. The van der Waals surface area contributed by atoms with Crippen LogP contribution >= 0.6 is 59.4 Å². The van der Waals surface area contributed by atoms with Crippen molar-refractivity contribution in [1.82, 2.24) is 15.0 Å². The van der Waals surface area contributed by atoms with E-state index >= 15 is 0 Å². The Labute approximate surface area is 250 Å². The standard InChI is InChI=1S/C11H15BrN2O2.C7H9BrN2O.C5H2BrClN2O2/c1-2-16-11-10(7-9(12)8-13-11)14-3-5-15-6-4-14;1-2-11-7-6(9)3-5(8)4-10-7;6-3-1-4(9(10)11)5(7)8-2-3/h7-8H,2-6H2,1H3;3-4H,2,9H2,1H3;1-2H. The molecule has 0 spiro atoms. The molecule has 0 atom stereocenters. The van der Waals surface area contributed by atoms with Crippen molar-refractivity contribution in [2.45, 2.75) is 13.8 Å². The molecule has 0 amide bonds. The normalized spacial score (nSPS) is 12.4. The highest BCUT2D eigenvalue weighted by Crippen LogP contribution is 2.29. The van der Waals surface area contributed by atoms with Gasteiger partial charge in [-0.05, 0) is 73.8 Å². The van der Waals surface area contributed by atoms with E-state index in [1.165, 1.54) is 12.3 Å². The van der Waals surface area contributed by atoms with Crippen LogP contribution in [-0.4, -0.2) is 59.4 Å². The molecule has 1 saturated heterocycles.